The molecule has 1 aliphatic carbocycles. The molecule has 0 spiro atoms. The molecule has 32 heavy (non-hydrogen) atoms. The lowest BCUT2D eigenvalue weighted by Gasteiger charge is -2.38. The molecule has 0 aromatic heterocycles. The molecule has 2 aromatic rings. The van der Waals surface area contributed by atoms with Crippen LogP contribution in [0.5, 0.6) is 5.75 Å². The third-order valence-corrected chi connectivity index (χ3v) is 8.54. The first-order chi connectivity index (χ1) is 15.4. The van der Waals surface area contributed by atoms with E-state index in [1.54, 1.807) is 35.5 Å². The van der Waals surface area contributed by atoms with Crippen LogP contribution >= 0.6 is 0 Å². The van der Waals surface area contributed by atoms with E-state index in [9.17, 15) is 13.2 Å². The average Bonchev–Trinajstić information content (AvgIpc) is 3.61. The number of hydrogen-bond acceptors (Lipinski definition) is 5. The number of piperidine rings is 1. The highest BCUT2D eigenvalue weighted by atomic mass is 32.2. The van der Waals surface area contributed by atoms with Crippen LogP contribution in [0.15, 0.2) is 53.4 Å². The van der Waals surface area contributed by atoms with Crippen molar-refractivity contribution in [3.05, 3.63) is 54.1 Å². The molecule has 2 aromatic carbocycles. The monoisotopic (exact) mass is 455 g/mol. The van der Waals surface area contributed by atoms with Gasteiger partial charge in [-0.3, -0.25) is 9.69 Å². The summed E-state index contributed by atoms with van der Waals surface area (Å²) >= 11 is 0. The van der Waals surface area contributed by atoms with Gasteiger partial charge in [-0.05, 0) is 62.4 Å². The van der Waals surface area contributed by atoms with Gasteiger partial charge in [0.05, 0.1) is 10.6 Å². The Hall–Kier alpha value is -2.42. The number of anilines is 1. The summed E-state index contributed by atoms with van der Waals surface area (Å²) in [5, 5.41) is 2.91. The molecule has 2 aliphatic heterocycles. The van der Waals surface area contributed by atoms with Gasteiger partial charge in [0.2, 0.25) is 10.0 Å². The van der Waals surface area contributed by atoms with E-state index in [4.69, 9.17) is 4.74 Å². The van der Waals surface area contributed by atoms with Crippen molar-refractivity contribution in [2.45, 2.75) is 62.2 Å². The Morgan fingerprint density at radius 1 is 1.03 bits per heavy atom. The fraction of sp³-hybridized carbons (Fsp3) is 0.458. The Kier molecular flexibility index (Phi) is 5.69. The minimum absolute atomic E-state index is 0.0432. The van der Waals surface area contributed by atoms with Gasteiger partial charge in [0.25, 0.3) is 5.91 Å². The second kappa shape index (κ2) is 8.50. The highest BCUT2D eigenvalue weighted by molar-refractivity contribution is 7.89. The van der Waals surface area contributed by atoms with Crippen LogP contribution in [0.3, 0.4) is 0 Å². The second-order valence-electron chi connectivity index (χ2n) is 8.97. The predicted octanol–water partition coefficient (Wildman–Crippen LogP) is 3.22. The van der Waals surface area contributed by atoms with Gasteiger partial charge in [-0.25, -0.2) is 8.42 Å². The number of nitrogens with zero attached hydrogens (tertiary/aromatic N) is 2. The molecule has 170 valence electrons. The van der Waals surface area contributed by atoms with Crippen molar-refractivity contribution in [3.8, 4) is 5.75 Å². The molecule has 1 saturated heterocycles. The number of carbonyl (C=O) groups excluding carboxylic acids is 1. The van der Waals surface area contributed by atoms with Crippen molar-refractivity contribution in [2.75, 3.05) is 18.4 Å². The number of ether oxygens (including phenoxy) is 1. The molecule has 1 amide bonds. The first-order valence-electron chi connectivity index (χ1n) is 11.3. The quantitative estimate of drug-likeness (QED) is 0.724. The van der Waals surface area contributed by atoms with Gasteiger partial charge in [-0.15, -0.1) is 0 Å². The molecule has 1 saturated carbocycles. The Labute approximate surface area is 189 Å². The van der Waals surface area contributed by atoms with E-state index in [0.29, 0.717) is 16.3 Å². The van der Waals surface area contributed by atoms with Gasteiger partial charge in [-0.2, -0.15) is 4.31 Å². The SMILES string of the molecule is CC1Oc2ccc(CN3CCC(N(C4CC4)S(=O)(=O)c4ccccc4)CC3)cc2NC1=O. The molecular weight excluding hydrogens is 426 g/mol. The van der Waals surface area contributed by atoms with Crippen molar-refractivity contribution < 1.29 is 17.9 Å². The van der Waals surface area contributed by atoms with E-state index in [-0.39, 0.29) is 18.0 Å². The highest BCUT2D eigenvalue weighted by Crippen LogP contribution is 2.37. The summed E-state index contributed by atoms with van der Waals surface area (Å²) in [4.78, 5) is 14.6. The van der Waals surface area contributed by atoms with Crippen LogP contribution in [-0.2, 0) is 21.4 Å². The number of carbonyl (C=O) groups is 1. The fourth-order valence-corrected chi connectivity index (χ4v) is 6.63. The summed E-state index contributed by atoms with van der Waals surface area (Å²) in [6.07, 6.45) is 3.08. The van der Waals surface area contributed by atoms with Crippen LogP contribution in [0.1, 0.15) is 38.2 Å². The standard InChI is InChI=1S/C24H29N3O4S/c1-17-24(28)25-22-15-18(7-10-23(22)31-17)16-26-13-11-20(12-14-26)27(19-8-9-19)32(29,30)21-5-3-2-4-6-21/h2-7,10,15,17,19-20H,8-9,11-14,16H2,1H3,(H,25,28). The first kappa shape index (κ1) is 21.4. The van der Waals surface area contributed by atoms with E-state index < -0.39 is 16.1 Å². The molecular formula is C24H29N3O4S. The third kappa shape index (κ3) is 4.27. The summed E-state index contributed by atoms with van der Waals surface area (Å²) in [7, 11) is -3.47. The molecule has 0 bridgehead atoms. The minimum Gasteiger partial charge on any atom is -0.479 e. The van der Waals surface area contributed by atoms with Gasteiger partial charge in [-0.1, -0.05) is 24.3 Å². The van der Waals surface area contributed by atoms with Gasteiger partial charge >= 0.3 is 0 Å². The normalized spacial score (nSPS) is 22.3. The third-order valence-electron chi connectivity index (χ3n) is 6.52. The predicted molar refractivity (Wildman–Crippen MR) is 122 cm³/mol. The van der Waals surface area contributed by atoms with Crippen molar-refractivity contribution >= 4 is 21.6 Å². The summed E-state index contributed by atoms with van der Waals surface area (Å²) in [6.45, 7) is 4.18. The maximum Gasteiger partial charge on any atom is 0.265 e. The van der Waals surface area contributed by atoms with Gasteiger partial charge in [0.15, 0.2) is 6.10 Å². The zero-order chi connectivity index (χ0) is 22.3. The van der Waals surface area contributed by atoms with E-state index in [2.05, 4.69) is 10.2 Å². The minimum atomic E-state index is -3.47. The fourth-order valence-electron chi connectivity index (χ4n) is 4.68. The second-order valence-corrected chi connectivity index (χ2v) is 10.8. The number of amides is 1. The molecule has 1 N–H and O–H groups in total. The number of sulfonamides is 1. The molecule has 0 radical (unpaired) electrons. The Morgan fingerprint density at radius 3 is 2.41 bits per heavy atom. The lowest BCUT2D eigenvalue weighted by atomic mass is 10.0. The van der Waals surface area contributed by atoms with Crippen LogP contribution < -0.4 is 10.1 Å². The molecule has 3 aliphatic rings. The number of hydrogen-bond donors (Lipinski definition) is 1. The number of nitrogens with one attached hydrogen (secondary N) is 1. The number of likely N-dealkylation sites (tertiary alicyclic amines) is 1. The summed E-state index contributed by atoms with van der Waals surface area (Å²) in [5.41, 5.74) is 1.82. The molecule has 5 rings (SSSR count). The molecule has 8 heteroatoms. The molecule has 1 unspecified atom stereocenters. The van der Waals surface area contributed by atoms with Crippen molar-refractivity contribution in [3.63, 3.8) is 0 Å². The Balaban J connectivity index is 1.24. The molecule has 7 nitrogen and oxygen atoms in total. The molecule has 1 atom stereocenters. The largest absolute Gasteiger partial charge is 0.479 e. The summed E-state index contributed by atoms with van der Waals surface area (Å²) < 4.78 is 34.1. The summed E-state index contributed by atoms with van der Waals surface area (Å²) in [5.74, 6) is 0.570. The van der Waals surface area contributed by atoms with Crippen LogP contribution in [0, 0.1) is 0 Å². The van der Waals surface area contributed by atoms with Crippen LogP contribution in [-0.4, -0.2) is 54.8 Å². The first-order valence-corrected chi connectivity index (χ1v) is 12.8. The Bertz CT molecular complexity index is 1090. The lowest BCUT2D eigenvalue weighted by molar-refractivity contribution is -0.122. The smallest absolute Gasteiger partial charge is 0.265 e. The molecule has 2 fully saturated rings. The zero-order valence-corrected chi connectivity index (χ0v) is 19.1. The zero-order valence-electron chi connectivity index (χ0n) is 18.2. The maximum atomic E-state index is 13.3. The van der Waals surface area contributed by atoms with Gasteiger partial charge < -0.3 is 10.1 Å². The van der Waals surface area contributed by atoms with E-state index >= 15 is 0 Å². The van der Waals surface area contributed by atoms with Crippen LogP contribution in [0.25, 0.3) is 0 Å². The van der Waals surface area contributed by atoms with Crippen molar-refractivity contribution in [1.29, 1.82) is 0 Å². The maximum absolute atomic E-state index is 13.3. The van der Waals surface area contributed by atoms with Gasteiger partial charge in [0.1, 0.15) is 5.75 Å². The average molecular weight is 456 g/mol. The topological polar surface area (TPSA) is 79.0 Å². The van der Waals surface area contributed by atoms with Crippen molar-refractivity contribution in [2.24, 2.45) is 0 Å². The lowest BCUT2D eigenvalue weighted by Crippen LogP contribution is -2.48. The highest BCUT2D eigenvalue weighted by Gasteiger charge is 2.43. The number of benzene rings is 2. The molecule has 2 heterocycles. The van der Waals surface area contributed by atoms with E-state index in [1.807, 2.05) is 24.3 Å². The van der Waals surface area contributed by atoms with Crippen LogP contribution in [0.2, 0.25) is 0 Å². The van der Waals surface area contributed by atoms with Crippen LogP contribution in [0.4, 0.5) is 5.69 Å². The number of fused-ring (bicyclic) bond motifs is 1. The van der Waals surface area contributed by atoms with Crippen molar-refractivity contribution in [1.82, 2.24) is 9.21 Å². The van der Waals surface area contributed by atoms with E-state index in [1.165, 1.54) is 0 Å². The van der Waals surface area contributed by atoms with E-state index in [0.717, 1.165) is 50.9 Å². The summed E-state index contributed by atoms with van der Waals surface area (Å²) in [6, 6.07) is 14.9. The van der Waals surface area contributed by atoms with Gasteiger partial charge in [0, 0.05) is 31.7 Å². The number of rotatable bonds is 6. The Morgan fingerprint density at radius 2 is 1.72 bits per heavy atom.